The van der Waals surface area contributed by atoms with Gasteiger partial charge in [0.1, 0.15) is 0 Å². The molecule has 0 bridgehead atoms. The van der Waals surface area contributed by atoms with Gasteiger partial charge < -0.3 is 9.11 Å². The molecule has 1 radical (unpaired) electrons. The van der Waals surface area contributed by atoms with E-state index >= 15 is 0 Å². The van der Waals surface area contributed by atoms with E-state index in [0.29, 0.717) is 0 Å². The Morgan fingerprint density at radius 3 is 1.80 bits per heavy atom. The monoisotopic (exact) mass is 126 g/mol. The minimum atomic E-state index is -2.86. The molecule has 0 heterocycles. The SMILES string of the molecule is O=S([O-])O.[Sc]. The molecule has 3 nitrogen and oxygen atoms in total. The van der Waals surface area contributed by atoms with E-state index in [1.54, 1.807) is 0 Å². The first-order valence-corrected chi connectivity index (χ1v) is 1.55. The molecule has 0 saturated carbocycles. The van der Waals surface area contributed by atoms with Gasteiger partial charge in [-0.3, -0.25) is 0 Å². The summed E-state index contributed by atoms with van der Waals surface area (Å²) in [4.78, 5) is 0. The summed E-state index contributed by atoms with van der Waals surface area (Å²) in [7, 11) is 0. The van der Waals surface area contributed by atoms with E-state index in [1.807, 2.05) is 0 Å². The van der Waals surface area contributed by atoms with Gasteiger partial charge in [0.25, 0.3) is 0 Å². The van der Waals surface area contributed by atoms with Crippen LogP contribution in [0, 0.1) is 0 Å². The molecule has 0 amide bonds. The van der Waals surface area contributed by atoms with Gasteiger partial charge in [0.2, 0.25) is 0 Å². The van der Waals surface area contributed by atoms with Crippen LogP contribution in [0.15, 0.2) is 0 Å². The third-order valence-corrected chi connectivity index (χ3v) is 0. The third kappa shape index (κ3) is 48.3. The Morgan fingerprint density at radius 1 is 1.80 bits per heavy atom. The first kappa shape index (κ1) is 9.34. The van der Waals surface area contributed by atoms with Crippen LogP contribution in [0.2, 0.25) is 0 Å². The molecule has 0 aromatic rings. The zero-order valence-electron chi connectivity index (χ0n) is 2.25. The first-order valence-electron chi connectivity index (χ1n) is 0.516. The van der Waals surface area contributed by atoms with Crippen LogP contribution in [0.5, 0.6) is 0 Å². The Kier molecular flexibility index (Phi) is 9.23. The molecule has 1 atom stereocenters. The van der Waals surface area contributed by atoms with Crippen molar-refractivity contribution < 1.29 is 39.2 Å². The van der Waals surface area contributed by atoms with Gasteiger partial charge in [-0.05, 0) is 0 Å². The van der Waals surface area contributed by atoms with Gasteiger partial charge in [-0.1, -0.05) is 0 Å². The Bertz CT molecular complexity index is 29.9. The molecule has 0 aliphatic carbocycles. The molecular formula is HO3SSc-. The van der Waals surface area contributed by atoms with Gasteiger partial charge in [0, 0.05) is 25.8 Å². The van der Waals surface area contributed by atoms with E-state index in [1.165, 1.54) is 0 Å². The Balaban J connectivity index is 0. The van der Waals surface area contributed by atoms with Crippen molar-refractivity contribution in [3.63, 3.8) is 0 Å². The molecule has 1 unspecified atom stereocenters. The molecule has 0 fully saturated rings. The van der Waals surface area contributed by atoms with Crippen molar-refractivity contribution in [1.82, 2.24) is 0 Å². The number of hydrogen-bond donors (Lipinski definition) is 1. The van der Waals surface area contributed by atoms with Crippen LogP contribution in [0.25, 0.3) is 0 Å². The molecule has 1 N–H and O–H groups in total. The Morgan fingerprint density at radius 2 is 1.80 bits per heavy atom. The van der Waals surface area contributed by atoms with E-state index < -0.39 is 11.4 Å². The summed E-state index contributed by atoms with van der Waals surface area (Å²) >= 11 is -2.86. The van der Waals surface area contributed by atoms with E-state index in [0.717, 1.165) is 0 Å². The molecule has 0 saturated heterocycles. The number of rotatable bonds is 0. The molecule has 5 heteroatoms. The first-order chi connectivity index (χ1) is 1.73. The molecule has 0 aromatic heterocycles. The molecule has 0 aliphatic heterocycles. The molecular weight excluding hydrogens is 125 g/mol. The average Bonchev–Trinajstić information content (AvgIpc) is 0.811. The molecule has 29 valence electrons. The van der Waals surface area contributed by atoms with E-state index in [4.69, 9.17) is 13.3 Å². The van der Waals surface area contributed by atoms with Gasteiger partial charge >= 0.3 is 0 Å². The maximum atomic E-state index is 8.56. The van der Waals surface area contributed by atoms with Crippen LogP contribution < -0.4 is 0 Å². The summed E-state index contributed by atoms with van der Waals surface area (Å²) in [6, 6.07) is 0. The minimum absolute atomic E-state index is 0. The molecule has 5 heavy (non-hydrogen) atoms. The van der Waals surface area contributed by atoms with Crippen LogP contribution in [-0.4, -0.2) is 13.3 Å². The smallest absolute Gasteiger partial charge is 0.0814 e. The summed E-state index contributed by atoms with van der Waals surface area (Å²) in [5.74, 6) is 0. The maximum absolute atomic E-state index is 8.56. The van der Waals surface area contributed by atoms with Crippen molar-refractivity contribution in [3.8, 4) is 0 Å². The van der Waals surface area contributed by atoms with Crippen molar-refractivity contribution in [3.05, 3.63) is 0 Å². The van der Waals surface area contributed by atoms with E-state index in [2.05, 4.69) is 0 Å². The van der Waals surface area contributed by atoms with Crippen LogP contribution in [-0.2, 0) is 37.2 Å². The average molecular weight is 126 g/mol. The normalized spacial score (nSPS) is 12.4. The zero-order valence-corrected chi connectivity index (χ0v) is 4.87. The van der Waals surface area contributed by atoms with Crippen molar-refractivity contribution in [1.29, 1.82) is 0 Å². The second-order valence-electron chi connectivity index (χ2n) is 0.217. The molecule has 0 rings (SSSR count). The summed E-state index contributed by atoms with van der Waals surface area (Å²) in [5.41, 5.74) is 0. The molecule has 0 aromatic carbocycles. The van der Waals surface area contributed by atoms with Crippen LogP contribution in [0.3, 0.4) is 0 Å². The largest absolute Gasteiger partial charge is 0.750 e. The second-order valence-corrected chi connectivity index (χ2v) is 0.651. The minimum Gasteiger partial charge on any atom is -0.750 e. The molecule has 0 aliphatic rings. The van der Waals surface area contributed by atoms with Crippen molar-refractivity contribution in [2.24, 2.45) is 0 Å². The topological polar surface area (TPSA) is 60.4 Å². The van der Waals surface area contributed by atoms with Gasteiger partial charge in [-0.25, -0.2) is 4.21 Å². The molecule has 0 spiro atoms. The van der Waals surface area contributed by atoms with Crippen LogP contribution in [0.1, 0.15) is 0 Å². The standard InChI is InChI=1S/H2O3S.Sc/c1-4(2)3;/h(H2,1,2,3);/p-1. The summed E-state index contributed by atoms with van der Waals surface area (Å²) < 4.78 is 24.1. The fraction of sp³-hybridized carbons (Fsp3) is 0. The summed E-state index contributed by atoms with van der Waals surface area (Å²) in [5, 5.41) is 0. The quantitative estimate of drug-likeness (QED) is 0.438. The van der Waals surface area contributed by atoms with Gasteiger partial charge in [-0.15, -0.1) is 0 Å². The van der Waals surface area contributed by atoms with Crippen molar-refractivity contribution in [2.45, 2.75) is 0 Å². The van der Waals surface area contributed by atoms with Gasteiger partial charge in [0.15, 0.2) is 0 Å². The predicted octanol–water partition coefficient (Wildman–Crippen LogP) is -0.664. The van der Waals surface area contributed by atoms with E-state index in [9.17, 15) is 0 Å². The van der Waals surface area contributed by atoms with Crippen LogP contribution in [0.4, 0.5) is 0 Å². The van der Waals surface area contributed by atoms with Gasteiger partial charge in [0.05, 0.1) is 11.4 Å². The second kappa shape index (κ2) is 4.94. The Hall–Kier alpha value is 0.940. The Labute approximate surface area is 50.7 Å². The van der Waals surface area contributed by atoms with Crippen molar-refractivity contribution in [2.75, 3.05) is 0 Å². The fourth-order valence-corrected chi connectivity index (χ4v) is 0. The fourth-order valence-electron chi connectivity index (χ4n) is 0. The van der Waals surface area contributed by atoms with Gasteiger partial charge in [-0.2, -0.15) is 0 Å². The van der Waals surface area contributed by atoms with E-state index in [-0.39, 0.29) is 25.8 Å². The van der Waals surface area contributed by atoms with Crippen LogP contribution >= 0.6 is 0 Å². The predicted molar refractivity (Wildman–Crippen MR) is 11.5 cm³/mol. The maximum Gasteiger partial charge on any atom is 0.0814 e. The summed E-state index contributed by atoms with van der Waals surface area (Å²) in [6.45, 7) is 0. The number of hydrogen-bond acceptors (Lipinski definition) is 2. The zero-order chi connectivity index (χ0) is 3.58. The third-order valence-electron chi connectivity index (χ3n) is 0. The van der Waals surface area contributed by atoms with Crippen molar-refractivity contribution >= 4 is 11.4 Å². The summed E-state index contributed by atoms with van der Waals surface area (Å²) in [6.07, 6.45) is 0.